The van der Waals surface area contributed by atoms with E-state index in [4.69, 9.17) is 5.73 Å². The van der Waals surface area contributed by atoms with Crippen molar-refractivity contribution < 1.29 is 4.39 Å². The van der Waals surface area contributed by atoms with Crippen LogP contribution in [0.4, 0.5) is 10.1 Å². The number of aromatic nitrogens is 2. The standard InChI is InChI=1S/C16H15BrFN3/c1-9(2)21-15-6-4-11(18)8-14(15)20-16(21)12-7-10(17)3-5-13(12)19/h3-9H,19H2,1-2H3. The maximum absolute atomic E-state index is 13.4. The third kappa shape index (κ3) is 2.42. The van der Waals surface area contributed by atoms with E-state index in [1.165, 1.54) is 12.1 Å². The van der Waals surface area contributed by atoms with E-state index in [-0.39, 0.29) is 11.9 Å². The molecule has 0 saturated heterocycles. The summed E-state index contributed by atoms with van der Waals surface area (Å²) in [6, 6.07) is 10.5. The van der Waals surface area contributed by atoms with Crippen LogP contribution < -0.4 is 5.73 Å². The Kier molecular flexibility index (Phi) is 3.45. The molecule has 1 aromatic heterocycles. The summed E-state index contributed by atoms with van der Waals surface area (Å²) in [5.74, 6) is 0.467. The fourth-order valence-electron chi connectivity index (χ4n) is 2.51. The largest absolute Gasteiger partial charge is 0.398 e. The van der Waals surface area contributed by atoms with Gasteiger partial charge in [0, 0.05) is 27.8 Å². The van der Waals surface area contributed by atoms with Crippen LogP contribution in [0.3, 0.4) is 0 Å². The Hall–Kier alpha value is -1.88. The summed E-state index contributed by atoms with van der Waals surface area (Å²) < 4.78 is 16.5. The highest BCUT2D eigenvalue weighted by atomic mass is 79.9. The van der Waals surface area contributed by atoms with Crippen LogP contribution >= 0.6 is 15.9 Å². The molecule has 108 valence electrons. The average Bonchev–Trinajstić information content (AvgIpc) is 2.79. The maximum Gasteiger partial charge on any atom is 0.143 e. The molecule has 0 unspecified atom stereocenters. The zero-order valence-corrected chi connectivity index (χ0v) is 13.4. The van der Waals surface area contributed by atoms with Crippen LogP contribution in [0.1, 0.15) is 19.9 Å². The lowest BCUT2D eigenvalue weighted by molar-refractivity contribution is 0.620. The zero-order valence-electron chi connectivity index (χ0n) is 11.8. The molecule has 5 heteroatoms. The number of fused-ring (bicyclic) bond motifs is 1. The summed E-state index contributed by atoms with van der Waals surface area (Å²) >= 11 is 3.46. The van der Waals surface area contributed by atoms with Crippen molar-refractivity contribution in [2.45, 2.75) is 19.9 Å². The number of nitrogen functional groups attached to an aromatic ring is 1. The van der Waals surface area contributed by atoms with E-state index < -0.39 is 0 Å². The van der Waals surface area contributed by atoms with Gasteiger partial charge in [0.2, 0.25) is 0 Å². The minimum Gasteiger partial charge on any atom is -0.398 e. The predicted octanol–water partition coefficient (Wildman–Crippen LogP) is 4.77. The number of nitrogens with two attached hydrogens (primary N) is 1. The molecule has 3 rings (SSSR count). The molecule has 0 amide bonds. The summed E-state index contributed by atoms with van der Waals surface area (Å²) in [7, 11) is 0. The van der Waals surface area contributed by atoms with E-state index in [9.17, 15) is 4.39 Å². The predicted molar refractivity (Wildman–Crippen MR) is 87.6 cm³/mol. The highest BCUT2D eigenvalue weighted by Gasteiger charge is 2.17. The fraction of sp³-hybridized carbons (Fsp3) is 0.188. The normalized spacial score (nSPS) is 11.5. The first kappa shape index (κ1) is 14.1. The summed E-state index contributed by atoms with van der Waals surface area (Å²) in [4.78, 5) is 4.59. The molecule has 3 nitrogen and oxygen atoms in total. The maximum atomic E-state index is 13.4. The molecule has 0 bridgehead atoms. The minimum absolute atomic E-state index is 0.189. The Labute approximate surface area is 130 Å². The molecule has 0 saturated carbocycles. The van der Waals surface area contributed by atoms with E-state index in [1.54, 1.807) is 6.07 Å². The summed E-state index contributed by atoms with van der Waals surface area (Å²) in [5, 5.41) is 0. The fourth-order valence-corrected chi connectivity index (χ4v) is 2.87. The van der Waals surface area contributed by atoms with Crippen molar-refractivity contribution in [1.29, 1.82) is 0 Å². The van der Waals surface area contributed by atoms with Crippen LogP contribution in [-0.4, -0.2) is 9.55 Å². The number of hydrogen-bond donors (Lipinski definition) is 1. The Bertz CT molecular complexity index is 824. The Morgan fingerprint density at radius 1 is 1.19 bits per heavy atom. The van der Waals surface area contributed by atoms with E-state index in [1.807, 2.05) is 18.2 Å². The second-order valence-electron chi connectivity index (χ2n) is 5.26. The van der Waals surface area contributed by atoms with Gasteiger partial charge in [0.15, 0.2) is 0 Å². The van der Waals surface area contributed by atoms with Crippen molar-refractivity contribution in [3.8, 4) is 11.4 Å². The van der Waals surface area contributed by atoms with Crippen LogP contribution in [0.2, 0.25) is 0 Å². The topological polar surface area (TPSA) is 43.8 Å². The lowest BCUT2D eigenvalue weighted by Gasteiger charge is -2.14. The van der Waals surface area contributed by atoms with Crippen LogP contribution in [0, 0.1) is 5.82 Å². The summed E-state index contributed by atoms with van der Waals surface area (Å²) in [6.45, 7) is 4.14. The van der Waals surface area contributed by atoms with Crippen LogP contribution in [-0.2, 0) is 0 Å². The molecule has 0 radical (unpaired) electrons. The Balaban J connectivity index is 2.36. The molecular weight excluding hydrogens is 333 g/mol. The van der Waals surface area contributed by atoms with Gasteiger partial charge in [-0.25, -0.2) is 9.37 Å². The van der Waals surface area contributed by atoms with Crippen molar-refractivity contribution in [3.63, 3.8) is 0 Å². The summed E-state index contributed by atoms with van der Waals surface area (Å²) in [6.07, 6.45) is 0. The number of anilines is 1. The smallest absolute Gasteiger partial charge is 0.143 e. The van der Waals surface area contributed by atoms with Crippen LogP contribution in [0.25, 0.3) is 22.4 Å². The van der Waals surface area contributed by atoms with Gasteiger partial charge in [0.05, 0.1) is 11.0 Å². The van der Waals surface area contributed by atoms with Gasteiger partial charge in [-0.15, -0.1) is 0 Å². The SMILES string of the molecule is CC(C)n1c(-c2cc(Br)ccc2N)nc2cc(F)ccc21. The van der Waals surface area contributed by atoms with Gasteiger partial charge in [0.1, 0.15) is 11.6 Å². The molecule has 0 atom stereocenters. The summed E-state index contributed by atoms with van der Waals surface area (Å²) in [5.41, 5.74) is 9.13. The van der Waals surface area contributed by atoms with Crippen molar-refractivity contribution in [3.05, 3.63) is 46.7 Å². The molecule has 2 aromatic carbocycles. The van der Waals surface area contributed by atoms with Gasteiger partial charge in [-0.05, 0) is 44.2 Å². The molecular formula is C16H15BrFN3. The number of rotatable bonds is 2. The third-order valence-corrected chi connectivity index (χ3v) is 3.92. The molecule has 0 spiro atoms. The van der Waals surface area contributed by atoms with Crippen molar-refractivity contribution in [2.24, 2.45) is 0 Å². The van der Waals surface area contributed by atoms with Gasteiger partial charge in [-0.3, -0.25) is 0 Å². The van der Waals surface area contributed by atoms with Gasteiger partial charge in [-0.2, -0.15) is 0 Å². The van der Waals surface area contributed by atoms with Gasteiger partial charge in [-0.1, -0.05) is 15.9 Å². The molecule has 2 N–H and O–H groups in total. The van der Waals surface area contributed by atoms with E-state index in [2.05, 4.69) is 39.3 Å². The Morgan fingerprint density at radius 2 is 1.95 bits per heavy atom. The van der Waals surface area contributed by atoms with E-state index in [0.29, 0.717) is 11.2 Å². The molecule has 0 aliphatic rings. The van der Waals surface area contributed by atoms with Crippen molar-refractivity contribution in [1.82, 2.24) is 9.55 Å². The lowest BCUT2D eigenvalue weighted by atomic mass is 10.1. The second-order valence-corrected chi connectivity index (χ2v) is 6.18. The Morgan fingerprint density at radius 3 is 2.67 bits per heavy atom. The molecule has 1 heterocycles. The monoisotopic (exact) mass is 347 g/mol. The van der Waals surface area contributed by atoms with Crippen LogP contribution in [0.15, 0.2) is 40.9 Å². The van der Waals surface area contributed by atoms with Gasteiger partial charge in [0.25, 0.3) is 0 Å². The highest BCUT2D eigenvalue weighted by molar-refractivity contribution is 9.10. The number of nitrogens with zero attached hydrogens (tertiary/aromatic N) is 2. The molecule has 0 aliphatic heterocycles. The molecule has 3 aromatic rings. The first-order valence-electron chi connectivity index (χ1n) is 6.70. The first-order chi connectivity index (χ1) is 9.97. The number of halogens is 2. The minimum atomic E-state index is -0.287. The molecule has 21 heavy (non-hydrogen) atoms. The van der Waals surface area contributed by atoms with Crippen molar-refractivity contribution >= 4 is 32.7 Å². The first-order valence-corrected chi connectivity index (χ1v) is 7.49. The van der Waals surface area contributed by atoms with E-state index >= 15 is 0 Å². The van der Waals surface area contributed by atoms with Gasteiger partial charge < -0.3 is 10.3 Å². The number of imidazole rings is 1. The van der Waals surface area contributed by atoms with Crippen LogP contribution in [0.5, 0.6) is 0 Å². The quantitative estimate of drug-likeness (QED) is 0.678. The lowest BCUT2D eigenvalue weighted by Crippen LogP contribution is -2.04. The second kappa shape index (κ2) is 5.15. The number of benzene rings is 2. The average molecular weight is 348 g/mol. The molecule has 0 aliphatic carbocycles. The van der Waals surface area contributed by atoms with E-state index in [0.717, 1.165) is 21.4 Å². The van der Waals surface area contributed by atoms with Crippen molar-refractivity contribution in [2.75, 3.05) is 5.73 Å². The third-order valence-electron chi connectivity index (χ3n) is 3.42. The molecule has 0 fully saturated rings. The number of hydrogen-bond acceptors (Lipinski definition) is 2. The van der Waals surface area contributed by atoms with Gasteiger partial charge >= 0.3 is 0 Å². The highest BCUT2D eigenvalue weighted by Crippen LogP contribution is 2.33. The zero-order chi connectivity index (χ0) is 15.1.